The molecule has 1 aliphatic rings. The number of aliphatic imine (C=N–C) groups is 1. The van der Waals surface area contributed by atoms with Crippen molar-refractivity contribution in [3.63, 3.8) is 0 Å². The van der Waals surface area contributed by atoms with Crippen molar-refractivity contribution in [1.29, 1.82) is 0 Å². The number of rotatable bonds is 4. The first kappa shape index (κ1) is 15.9. The molecule has 0 aromatic heterocycles. The van der Waals surface area contributed by atoms with Crippen LogP contribution in [0.1, 0.15) is 38.7 Å². The molecule has 1 heterocycles. The largest absolute Gasteiger partial charge is 0.454 e. The highest BCUT2D eigenvalue weighted by Crippen LogP contribution is 2.32. The number of fused-ring (bicyclic) bond motifs is 1. The Labute approximate surface area is 130 Å². The van der Waals surface area contributed by atoms with Gasteiger partial charge in [-0.3, -0.25) is 0 Å². The molecular formula is C17H19NO4. The highest BCUT2D eigenvalue weighted by molar-refractivity contribution is 6.16. The lowest BCUT2D eigenvalue weighted by Gasteiger charge is -2.02. The Morgan fingerprint density at radius 2 is 2.14 bits per heavy atom. The van der Waals surface area contributed by atoms with Crippen molar-refractivity contribution >= 4 is 11.8 Å². The van der Waals surface area contributed by atoms with Gasteiger partial charge in [0.25, 0.3) is 0 Å². The normalized spacial score (nSPS) is 12.5. The molecule has 0 bridgehead atoms. The molecule has 0 atom stereocenters. The van der Waals surface area contributed by atoms with E-state index in [1.807, 2.05) is 0 Å². The van der Waals surface area contributed by atoms with Gasteiger partial charge in [-0.05, 0) is 37.5 Å². The minimum absolute atomic E-state index is 0.200. The summed E-state index contributed by atoms with van der Waals surface area (Å²) in [4.78, 5) is 15.6. The minimum Gasteiger partial charge on any atom is -0.454 e. The van der Waals surface area contributed by atoms with Crippen LogP contribution in [0.3, 0.4) is 0 Å². The first-order chi connectivity index (χ1) is 10.7. The van der Waals surface area contributed by atoms with Crippen LogP contribution in [0.2, 0.25) is 0 Å². The Balaban J connectivity index is 2.26. The second kappa shape index (κ2) is 8.08. The summed E-state index contributed by atoms with van der Waals surface area (Å²) >= 11 is 0. The van der Waals surface area contributed by atoms with Crippen LogP contribution in [0, 0.1) is 11.8 Å². The number of benzene rings is 1. The van der Waals surface area contributed by atoms with E-state index < -0.39 is 6.09 Å². The van der Waals surface area contributed by atoms with Crippen molar-refractivity contribution < 1.29 is 19.0 Å². The second-order valence-corrected chi connectivity index (χ2v) is 4.63. The fourth-order valence-corrected chi connectivity index (χ4v) is 1.87. The van der Waals surface area contributed by atoms with Crippen LogP contribution in [-0.2, 0) is 4.74 Å². The van der Waals surface area contributed by atoms with E-state index in [0.717, 1.165) is 19.3 Å². The van der Waals surface area contributed by atoms with Crippen LogP contribution in [-0.4, -0.2) is 25.2 Å². The van der Waals surface area contributed by atoms with Crippen LogP contribution >= 0.6 is 0 Å². The van der Waals surface area contributed by atoms with E-state index >= 15 is 0 Å². The fourth-order valence-electron chi connectivity index (χ4n) is 1.87. The molecule has 0 saturated carbocycles. The minimum atomic E-state index is -0.639. The number of amides is 1. The number of unbranched alkanes of at least 4 members (excludes halogenated alkanes) is 2. The summed E-state index contributed by atoms with van der Waals surface area (Å²) < 4.78 is 15.5. The number of hydrogen-bond acceptors (Lipinski definition) is 4. The van der Waals surface area contributed by atoms with Gasteiger partial charge in [0.1, 0.15) is 5.71 Å². The molecule has 0 saturated heterocycles. The average Bonchev–Trinajstić information content (AvgIpc) is 2.98. The smallest absolute Gasteiger partial charge is 0.434 e. The van der Waals surface area contributed by atoms with Crippen LogP contribution in [0.25, 0.3) is 0 Å². The second-order valence-electron chi connectivity index (χ2n) is 4.63. The van der Waals surface area contributed by atoms with Crippen LogP contribution in [0.4, 0.5) is 4.79 Å². The van der Waals surface area contributed by atoms with Crippen LogP contribution < -0.4 is 9.47 Å². The van der Waals surface area contributed by atoms with Gasteiger partial charge in [0.15, 0.2) is 11.5 Å². The lowest BCUT2D eigenvalue weighted by molar-refractivity contribution is 0.163. The van der Waals surface area contributed by atoms with E-state index in [2.05, 4.69) is 23.8 Å². The molecule has 0 radical (unpaired) electrons. The molecule has 1 amide bonds. The Hall–Kier alpha value is -2.48. The zero-order chi connectivity index (χ0) is 15.8. The van der Waals surface area contributed by atoms with Gasteiger partial charge in [-0.25, -0.2) is 4.79 Å². The van der Waals surface area contributed by atoms with E-state index in [4.69, 9.17) is 14.2 Å². The molecule has 22 heavy (non-hydrogen) atoms. The van der Waals surface area contributed by atoms with Gasteiger partial charge in [0, 0.05) is 12.0 Å². The zero-order valence-corrected chi connectivity index (χ0v) is 12.8. The van der Waals surface area contributed by atoms with Crippen molar-refractivity contribution in [3.8, 4) is 23.3 Å². The predicted octanol–water partition coefficient (Wildman–Crippen LogP) is 3.55. The molecule has 0 spiro atoms. The molecular weight excluding hydrogens is 282 g/mol. The van der Waals surface area contributed by atoms with Crippen molar-refractivity contribution in [3.05, 3.63) is 23.8 Å². The quantitative estimate of drug-likeness (QED) is 0.485. The summed E-state index contributed by atoms with van der Waals surface area (Å²) in [6.07, 6.45) is 2.22. The maximum atomic E-state index is 11.6. The van der Waals surface area contributed by atoms with Crippen LogP contribution in [0.15, 0.2) is 23.2 Å². The predicted molar refractivity (Wildman–Crippen MR) is 83.4 cm³/mol. The van der Waals surface area contributed by atoms with E-state index in [-0.39, 0.29) is 13.4 Å². The van der Waals surface area contributed by atoms with Gasteiger partial charge in [-0.15, -0.1) is 0 Å². The Kier molecular flexibility index (Phi) is 5.84. The standard InChI is InChI=1S/C17H19NO4/c1-3-5-6-7-8-14(18-17(19)20-4-2)13-9-10-15-16(11-13)22-12-21-15/h9-11H,3-6,12H2,1-2H3/b18-14+. The molecule has 1 aromatic carbocycles. The first-order valence-corrected chi connectivity index (χ1v) is 7.39. The number of carbonyl (C=O) groups is 1. The fraction of sp³-hybridized carbons (Fsp3) is 0.412. The van der Waals surface area contributed by atoms with Gasteiger partial charge in [0.05, 0.1) is 6.61 Å². The van der Waals surface area contributed by atoms with Crippen LogP contribution in [0.5, 0.6) is 11.5 Å². The first-order valence-electron chi connectivity index (χ1n) is 7.39. The molecule has 1 aromatic rings. The maximum Gasteiger partial charge on any atom is 0.434 e. The summed E-state index contributed by atoms with van der Waals surface area (Å²) in [5, 5.41) is 0. The molecule has 2 rings (SSSR count). The average molecular weight is 301 g/mol. The highest BCUT2D eigenvalue weighted by Gasteiger charge is 2.15. The third kappa shape index (κ3) is 4.26. The van der Waals surface area contributed by atoms with Crippen molar-refractivity contribution in [1.82, 2.24) is 0 Å². The zero-order valence-electron chi connectivity index (χ0n) is 12.8. The van der Waals surface area contributed by atoms with Gasteiger partial charge < -0.3 is 14.2 Å². The van der Waals surface area contributed by atoms with Gasteiger partial charge in [-0.2, -0.15) is 4.99 Å². The molecule has 0 fully saturated rings. The maximum absolute atomic E-state index is 11.6. The number of ether oxygens (including phenoxy) is 3. The molecule has 0 unspecified atom stereocenters. The molecule has 0 N–H and O–H groups in total. The van der Waals surface area contributed by atoms with E-state index in [0.29, 0.717) is 22.8 Å². The number of carbonyl (C=O) groups excluding carboxylic acids is 1. The molecule has 5 nitrogen and oxygen atoms in total. The van der Waals surface area contributed by atoms with Crippen molar-refractivity contribution in [2.75, 3.05) is 13.4 Å². The molecule has 116 valence electrons. The highest BCUT2D eigenvalue weighted by atomic mass is 16.7. The SMILES string of the molecule is CCCCC#C/C(=N\C(=O)OCC)c1ccc2c(c1)OCO2. The van der Waals surface area contributed by atoms with Gasteiger partial charge in [0.2, 0.25) is 6.79 Å². The Bertz CT molecular complexity index is 625. The van der Waals surface area contributed by atoms with Crippen molar-refractivity contribution in [2.24, 2.45) is 4.99 Å². The van der Waals surface area contributed by atoms with Crippen molar-refractivity contribution in [2.45, 2.75) is 33.1 Å². The number of nitrogens with zero attached hydrogens (tertiary/aromatic N) is 1. The van der Waals surface area contributed by atoms with E-state index in [9.17, 15) is 4.79 Å². The monoisotopic (exact) mass is 301 g/mol. The lowest BCUT2D eigenvalue weighted by atomic mass is 10.1. The summed E-state index contributed by atoms with van der Waals surface area (Å²) in [5.41, 5.74) is 1.09. The third-order valence-electron chi connectivity index (χ3n) is 2.98. The molecule has 5 heteroatoms. The Morgan fingerprint density at radius 3 is 2.91 bits per heavy atom. The molecule has 0 aliphatic carbocycles. The van der Waals surface area contributed by atoms with Gasteiger partial charge in [-0.1, -0.05) is 19.3 Å². The van der Waals surface area contributed by atoms with E-state index in [1.165, 1.54) is 0 Å². The molecule has 1 aliphatic heterocycles. The van der Waals surface area contributed by atoms with E-state index in [1.54, 1.807) is 25.1 Å². The summed E-state index contributed by atoms with van der Waals surface area (Å²) in [7, 11) is 0. The summed E-state index contributed by atoms with van der Waals surface area (Å²) in [6.45, 7) is 4.32. The third-order valence-corrected chi connectivity index (χ3v) is 2.98. The Morgan fingerprint density at radius 1 is 1.32 bits per heavy atom. The topological polar surface area (TPSA) is 57.1 Å². The summed E-state index contributed by atoms with van der Waals surface area (Å²) in [6, 6.07) is 5.36. The number of hydrogen-bond donors (Lipinski definition) is 0. The van der Waals surface area contributed by atoms with Gasteiger partial charge >= 0.3 is 6.09 Å². The lowest BCUT2D eigenvalue weighted by Crippen LogP contribution is -2.05. The summed E-state index contributed by atoms with van der Waals surface area (Å²) in [5.74, 6) is 7.30.